The number of carboxylic acid groups (broad SMARTS) is 1. The van der Waals surface area contributed by atoms with Crippen molar-refractivity contribution in [3.8, 4) is 0 Å². The van der Waals surface area contributed by atoms with E-state index in [0.29, 0.717) is 12.8 Å². The number of carbonyl (C=O) groups excluding carboxylic acids is 8. The Labute approximate surface area is 373 Å². The van der Waals surface area contributed by atoms with Gasteiger partial charge in [-0.25, -0.2) is 4.79 Å². The Balaban J connectivity index is 5.99. The lowest BCUT2D eigenvalue weighted by molar-refractivity contribution is -0.142. The summed E-state index contributed by atoms with van der Waals surface area (Å²) in [6.07, 6.45) is 0.929. The number of aliphatic carboxylic acids is 1. The van der Waals surface area contributed by atoms with Crippen LogP contribution in [0.2, 0.25) is 0 Å². The van der Waals surface area contributed by atoms with Crippen LogP contribution in [0, 0.1) is 17.8 Å². The second-order valence-electron chi connectivity index (χ2n) is 14.8. The molecule has 0 saturated heterocycles. The Morgan fingerprint density at radius 2 is 0.850 bits per heavy atom. The number of aliphatic hydroxyl groups is 1. The summed E-state index contributed by atoms with van der Waals surface area (Å²) < 4.78 is 0. The van der Waals surface area contributed by atoms with E-state index in [0.717, 1.165) is 0 Å². The van der Waals surface area contributed by atoms with Gasteiger partial charge in [0.15, 0.2) is 0 Å². The topological polar surface area (TPSA) is 316 Å². The predicted octanol–water partition coefficient (Wildman–Crippen LogP) is -2.85. The highest BCUT2D eigenvalue weighted by Gasteiger charge is 2.36. The number of aliphatic hydroxyl groups excluding tert-OH is 1. The number of hydrogen-bond donors (Lipinski definition) is 15. The standard InChI is InChI=1S/C36H65N9O11S4/c1-8-17(5)26(45-31(50)22(11-46)40-28(47)19(7)38-29(48)20(37)12-57)34(53)42-24(14-59)33(52)41-23(13-58)32(51)39-21(10-16(3)4)30(49)44-27(18(6)9-2)35(54)43-25(15-60)36(55)56/h16-27,46,57-60H,8-15,37H2,1-7H3,(H,38,48)(H,39,51)(H,40,47)(H,41,52)(H,42,53)(H,43,54)(H,44,49)(H,45,50)(H,55,56)/t17-,18-,19-,20-,21-,22-,23-,24-,25-,26-,27-/m0/s1. The summed E-state index contributed by atoms with van der Waals surface area (Å²) in [6.45, 7) is 10.9. The van der Waals surface area contributed by atoms with E-state index in [1.54, 1.807) is 41.5 Å². The van der Waals surface area contributed by atoms with Gasteiger partial charge in [0.2, 0.25) is 47.3 Å². The first-order valence-electron chi connectivity index (χ1n) is 19.5. The number of thiol groups is 4. The molecule has 0 unspecified atom stereocenters. The highest BCUT2D eigenvalue weighted by molar-refractivity contribution is 7.80. The third kappa shape index (κ3) is 19.1. The number of carbonyl (C=O) groups is 9. The molecule has 60 heavy (non-hydrogen) atoms. The fourth-order valence-corrected chi connectivity index (χ4v) is 6.14. The summed E-state index contributed by atoms with van der Waals surface area (Å²) in [5, 5.41) is 39.1. The SMILES string of the molecule is CC[C@H](C)[C@H](NC(=O)[C@H](CC(C)C)NC(=O)[C@H](CS)NC(=O)[C@H](CS)NC(=O)[C@@H](NC(=O)[C@H](CO)NC(=O)[C@H](C)NC(=O)[C@@H](N)CS)[C@@H](C)CC)C(=O)N[C@@H](CS)C(=O)O. The molecule has 0 aliphatic rings. The van der Waals surface area contributed by atoms with Crippen molar-refractivity contribution in [1.29, 1.82) is 0 Å². The van der Waals surface area contributed by atoms with Crippen molar-refractivity contribution in [2.75, 3.05) is 29.6 Å². The van der Waals surface area contributed by atoms with E-state index in [4.69, 9.17) is 5.73 Å². The molecule has 8 amide bonds. The Bertz CT molecular complexity index is 1480. The summed E-state index contributed by atoms with van der Waals surface area (Å²) in [5.41, 5.74) is 5.61. The van der Waals surface area contributed by atoms with Crippen LogP contribution in [-0.2, 0) is 43.2 Å². The van der Waals surface area contributed by atoms with Crippen LogP contribution in [0.15, 0.2) is 0 Å². The molecule has 0 radical (unpaired) electrons. The summed E-state index contributed by atoms with van der Waals surface area (Å²) in [7, 11) is 0. The Morgan fingerprint density at radius 1 is 0.483 bits per heavy atom. The van der Waals surface area contributed by atoms with Gasteiger partial charge in [0, 0.05) is 23.0 Å². The fraction of sp³-hybridized carbons (Fsp3) is 0.750. The predicted molar refractivity (Wildman–Crippen MR) is 238 cm³/mol. The molecule has 12 N–H and O–H groups in total. The molecule has 344 valence electrons. The molecule has 0 spiro atoms. The van der Waals surface area contributed by atoms with Crippen LogP contribution in [0.25, 0.3) is 0 Å². The Morgan fingerprint density at radius 3 is 1.22 bits per heavy atom. The average molecular weight is 928 g/mol. The summed E-state index contributed by atoms with van der Waals surface area (Å²) in [4.78, 5) is 117. The molecule has 0 saturated carbocycles. The van der Waals surface area contributed by atoms with Gasteiger partial charge < -0.3 is 58.5 Å². The number of rotatable bonds is 28. The van der Waals surface area contributed by atoms with Gasteiger partial charge in [-0.15, -0.1) is 0 Å². The molecule has 20 nitrogen and oxygen atoms in total. The third-order valence-corrected chi connectivity index (χ3v) is 10.9. The van der Waals surface area contributed by atoms with E-state index in [1.807, 2.05) is 0 Å². The van der Waals surface area contributed by atoms with E-state index in [-0.39, 0.29) is 35.4 Å². The van der Waals surface area contributed by atoms with Crippen molar-refractivity contribution in [3.63, 3.8) is 0 Å². The molecule has 0 aliphatic carbocycles. The van der Waals surface area contributed by atoms with E-state index < -0.39 is 126 Å². The summed E-state index contributed by atoms with van der Waals surface area (Å²) >= 11 is 16.3. The van der Waals surface area contributed by atoms with Gasteiger partial charge in [0.1, 0.15) is 48.3 Å². The van der Waals surface area contributed by atoms with Crippen LogP contribution in [0.5, 0.6) is 0 Å². The number of carboxylic acids is 1. The van der Waals surface area contributed by atoms with Crippen LogP contribution in [0.3, 0.4) is 0 Å². The van der Waals surface area contributed by atoms with Crippen molar-refractivity contribution < 1.29 is 53.4 Å². The largest absolute Gasteiger partial charge is 0.480 e. The first kappa shape index (κ1) is 56.5. The molecule has 0 fully saturated rings. The van der Waals surface area contributed by atoms with Crippen molar-refractivity contribution in [2.24, 2.45) is 23.5 Å². The quantitative estimate of drug-likeness (QED) is 0.0353. The zero-order chi connectivity index (χ0) is 46.4. The van der Waals surface area contributed by atoms with E-state index >= 15 is 0 Å². The summed E-state index contributed by atoms with van der Waals surface area (Å²) in [5.74, 6) is -9.45. The second kappa shape index (κ2) is 29.0. The molecule has 0 aromatic carbocycles. The van der Waals surface area contributed by atoms with E-state index in [2.05, 4.69) is 93.0 Å². The second-order valence-corrected chi connectivity index (χ2v) is 16.2. The molecule has 0 heterocycles. The third-order valence-electron chi connectivity index (χ3n) is 9.46. The van der Waals surface area contributed by atoms with Crippen molar-refractivity contribution in [3.05, 3.63) is 0 Å². The van der Waals surface area contributed by atoms with Gasteiger partial charge in [-0.05, 0) is 31.1 Å². The van der Waals surface area contributed by atoms with Gasteiger partial charge in [0.05, 0.1) is 12.6 Å². The van der Waals surface area contributed by atoms with Gasteiger partial charge in [-0.1, -0.05) is 54.4 Å². The maximum Gasteiger partial charge on any atom is 0.327 e. The Hall–Kier alpha value is -3.45. The molecule has 0 bridgehead atoms. The lowest BCUT2D eigenvalue weighted by Crippen LogP contribution is -2.62. The maximum atomic E-state index is 13.6. The van der Waals surface area contributed by atoms with Gasteiger partial charge in [0.25, 0.3) is 0 Å². The molecule has 0 rings (SSSR count). The Kier molecular flexibility index (Phi) is 27.3. The van der Waals surface area contributed by atoms with Gasteiger partial charge in [-0.2, -0.15) is 50.5 Å². The normalized spacial score (nSPS) is 16.7. The van der Waals surface area contributed by atoms with Crippen LogP contribution in [-0.4, -0.2) is 147 Å². The molecule has 24 heteroatoms. The number of nitrogens with one attached hydrogen (secondary N) is 8. The zero-order valence-corrected chi connectivity index (χ0v) is 38.6. The minimum Gasteiger partial charge on any atom is -0.480 e. The minimum atomic E-state index is -1.53. The van der Waals surface area contributed by atoms with Gasteiger partial charge >= 0.3 is 5.97 Å². The highest BCUT2D eigenvalue weighted by Crippen LogP contribution is 2.13. The van der Waals surface area contributed by atoms with Crippen LogP contribution >= 0.6 is 50.5 Å². The number of amides is 8. The molecule has 11 atom stereocenters. The lowest BCUT2D eigenvalue weighted by Gasteiger charge is -2.29. The monoisotopic (exact) mass is 927 g/mol. The van der Waals surface area contributed by atoms with Crippen LogP contribution in [0.1, 0.15) is 67.7 Å². The van der Waals surface area contributed by atoms with Crippen LogP contribution < -0.4 is 48.3 Å². The fourth-order valence-electron chi connectivity index (χ4n) is 5.22. The van der Waals surface area contributed by atoms with Crippen molar-refractivity contribution >= 4 is 104 Å². The molecule has 0 aromatic rings. The molecular formula is C36H65N9O11S4. The van der Waals surface area contributed by atoms with Gasteiger partial charge in [-0.3, -0.25) is 38.4 Å². The average Bonchev–Trinajstić information content (AvgIpc) is 3.21. The molecule has 0 aliphatic heterocycles. The molecular weight excluding hydrogens is 863 g/mol. The summed E-state index contributed by atoms with van der Waals surface area (Å²) in [6, 6.07) is -11.3. The molecule has 0 aromatic heterocycles. The van der Waals surface area contributed by atoms with Crippen LogP contribution in [0.4, 0.5) is 0 Å². The first-order chi connectivity index (χ1) is 28.1. The first-order valence-corrected chi connectivity index (χ1v) is 22.1. The lowest BCUT2D eigenvalue weighted by atomic mass is 9.96. The smallest absolute Gasteiger partial charge is 0.327 e. The van der Waals surface area contributed by atoms with E-state index in [9.17, 15) is 53.4 Å². The van der Waals surface area contributed by atoms with E-state index in [1.165, 1.54) is 6.92 Å². The number of nitrogens with two attached hydrogens (primary N) is 1. The van der Waals surface area contributed by atoms with Crippen molar-refractivity contribution in [2.45, 2.75) is 122 Å². The number of hydrogen-bond acceptors (Lipinski definition) is 15. The minimum absolute atomic E-state index is 0.0158. The highest BCUT2D eigenvalue weighted by atomic mass is 32.1. The van der Waals surface area contributed by atoms with Crippen molar-refractivity contribution in [1.82, 2.24) is 42.5 Å². The maximum absolute atomic E-state index is 13.6. The zero-order valence-electron chi connectivity index (χ0n) is 35.0.